The summed E-state index contributed by atoms with van der Waals surface area (Å²) in [5.74, 6) is -0.469. The number of hydrogen-bond acceptors (Lipinski definition) is 10. The molecule has 1 aliphatic heterocycles. The molecule has 4 rings (SSSR count). The average molecular weight is 504 g/mol. The van der Waals surface area contributed by atoms with Crippen LogP contribution in [0.15, 0.2) is 36.5 Å². The van der Waals surface area contributed by atoms with Gasteiger partial charge >= 0.3 is 12.1 Å². The van der Waals surface area contributed by atoms with E-state index in [4.69, 9.17) is 21.1 Å². The van der Waals surface area contributed by atoms with Gasteiger partial charge in [-0.3, -0.25) is 4.90 Å². The summed E-state index contributed by atoms with van der Waals surface area (Å²) in [5.41, 5.74) is 0.896. The van der Waals surface area contributed by atoms with E-state index in [1.165, 1.54) is 29.4 Å². The van der Waals surface area contributed by atoms with Crippen molar-refractivity contribution in [3.63, 3.8) is 0 Å². The summed E-state index contributed by atoms with van der Waals surface area (Å²) in [6.07, 6.45) is 0.204. The zero-order chi connectivity index (χ0) is 24.4. The number of aromatic nitrogens is 3. The molecule has 0 aliphatic carbocycles. The summed E-state index contributed by atoms with van der Waals surface area (Å²) >= 11 is 7.45. The number of esters is 1. The van der Waals surface area contributed by atoms with Crippen molar-refractivity contribution >= 4 is 46.8 Å². The smallest absolute Gasteiger partial charge is 0.416 e. The van der Waals surface area contributed by atoms with Crippen molar-refractivity contribution in [3.8, 4) is 10.6 Å². The predicted molar refractivity (Wildman–Crippen MR) is 127 cm³/mol. The zero-order valence-corrected chi connectivity index (χ0v) is 20.1. The molecule has 12 heteroatoms. The number of thiazole rings is 1. The van der Waals surface area contributed by atoms with E-state index in [0.29, 0.717) is 5.02 Å². The molecule has 34 heavy (non-hydrogen) atoms. The number of benzene rings is 1. The first-order valence-electron chi connectivity index (χ1n) is 10.4. The lowest BCUT2D eigenvalue weighted by Crippen LogP contribution is -2.41. The van der Waals surface area contributed by atoms with Gasteiger partial charge in [0.25, 0.3) is 0 Å². The van der Waals surface area contributed by atoms with E-state index in [1.54, 1.807) is 25.3 Å². The maximum Gasteiger partial charge on any atom is 0.416 e. The van der Waals surface area contributed by atoms with Gasteiger partial charge < -0.3 is 19.9 Å². The molecule has 3 atom stereocenters. The van der Waals surface area contributed by atoms with Gasteiger partial charge in [-0.1, -0.05) is 23.7 Å². The van der Waals surface area contributed by atoms with Crippen LogP contribution in [0, 0.1) is 0 Å². The number of anilines is 2. The molecule has 178 valence electrons. The Morgan fingerprint density at radius 3 is 2.74 bits per heavy atom. The Hall–Kier alpha value is -3.28. The normalized spacial score (nSPS) is 17.3. The standard InChI is InChI=1S/C22H22ClN5O5S/c1-11(17-9-24-19(34-17)13-4-6-14(23)7-5-13)25-21-26-15(20(30)32-3)8-18(27-21)28-16(12(2)29)10-33-22(28)31/h4-9,11-12,16,29H,10H2,1-3H3,(H,25,26,27)/t11-,12+,16?/m0/s1. The molecule has 1 fully saturated rings. The van der Waals surface area contributed by atoms with Gasteiger partial charge in [0.2, 0.25) is 5.95 Å². The van der Waals surface area contributed by atoms with Crippen LogP contribution in [0.2, 0.25) is 5.02 Å². The Labute approximate surface area is 204 Å². The van der Waals surface area contributed by atoms with Crippen LogP contribution in [0.3, 0.4) is 0 Å². The minimum Gasteiger partial charge on any atom is -0.464 e. The Morgan fingerprint density at radius 1 is 1.32 bits per heavy atom. The lowest BCUT2D eigenvalue weighted by Gasteiger charge is -2.23. The number of aliphatic hydroxyl groups excluding tert-OH is 1. The molecular formula is C22H22ClN5O5S. The number of carbonyl (C=O) groups excluding carboxylic acids is 2. The van der Waals surface area contributed by atoms with E-state index in [9.17, 15) is 14.7 Å². The van der Waals surface area contributed by atoms with Crippen LogP contribution in [-0.4, -0.2) is 58.0 Å². The number of ether oxygens (including phenoxy) is 2. The average Bonchev–Trinajstić information content (AvgIpc) is 3.46. The minimum absolute atomic E-state index is 0.00155. The monoisotopic (exact) mass is 503 g/mol. The molecule has 0 spiro atoms. The fourth-order valence-electron chi connectivity index (χ4n) is 3.36. The highest BCUT2D eigenvalue weighted by Gasteiger charge is 2.39. The molecule has 1 aromatic carbocycles. The molecule has 3 aromatic rings. The molecule has 1 aliphatic rings. The van der Waals surface area contributed by atoms with Gasteiger partial charge in [0, 0.05) is 27.7 Å². The van der Waals surface area contributed by atoms with E-state index in [0.717, 1.165) is 15.4 Å². The van der Waals surface area contributed by atoms with Crippen LogP contribution in [0.5, 0.6) is 0 Å². The summed E-state index contributed by atoms with van der Waals surface area (Å²) in [6, 6.07) is 7.81. The second-order valence-corrected chi connectivity index (χ2v) is 9.12. The number of carbonyl (C=O) groups is 2. The van der Waals surface area contributed by atoms with Crippen molar-refractivity contribution in [2.75, 3.05) is 23.9 Å². The maximum atomic E-state index is 12.3. The molecule has 0 radical (unpaired) electrons. The van der Waals surface area contributed by atoms with Gasteiger partial charge in [0.1, 0.15) is 23.5 Å². The van der Waals surface area contributed by atoms with Crippen molar-refractivity contribution in [2.24, 2.45) is 0 Å². The number of amides is 1. The summed E-state index contributed by atoms with van der Waals surface area (Å²) in [4.78, 5) is 39.8. The number of methoxy groups -OCH3 is 1. The molecule has 3 heterocycles. The Balaban J connectivity index is 1.62. The fraction of sp³-hybridized carbons (Fsp3) is 0.318. The van der Waals surface area contributed by atoms with Crippen LogP contribution >= 0.6 is 22.9 Å². The van der Waals surface area contributed by atoms with Crippen molar-refractivity contribution in [3.05, 3.63) is 52.1 Å². The van der Waals surface area contributed by atoms with E-state index in [1.807, 2.05) is 19.1 Å². The molecule has 1 amide bonds. The Kier molecular flexibility index (Phi) is 6.96. The van der Waals surface area contributed by atoms with E-state index in [2.05, 4.69) is 20.3 Å². The third kappa shape index (κ3) is 4.96. The van der Waals surface area contributed by atoms with Crippen LogP contribution < -0.4 is 10.2 Å². The molecular weight excluding hydrogens is 482 g/mol. The molecule has 1 saturated heterocycles. The van der Waals surface area contributed by atoms with Gasteiger partial charge in [0.05, 0.1) is 19.3 Å². The molecule has 0 saturated carbocycles. The maximum absolute atomic E-state index is 12.3. The number of nitrogens with zero attached hydrogens (tertiary/aromatic N) is 4. The van der Waals surface area contributed by atoms with Crippen molar-refractivity contribution in [1.29, 1.82) is 0 Å². The lowest BCUT2D eigenvalue weighted by molar-refractivity contribution is 0.0594. The summed E-state index contributed by atoms with van der Waals surface area (Å²) in [6.45, 7) is 3.45. The molecule has 10 nitrogen and oxygen atoms in total. The van der Waals surface area contributed by atoms with Crippen molar-refractivity contribution in [1.82, 2.24) is 15.0 Å². The second kappa shape index (κ2) is 9.92. The molecule has 1 unspecified atom stereocenters. The van der Waals surface area contributed by atoms with Crippen molar-refractivity contribution < 1.29 is 24.2 Å². The van der Waals surface area contributed by atoms with Crippen LogP contribution in [0.4, 0.5) is 16.6 Å². The third-order valence-corrected chi connectivity index (χ3v) is 6.68. The van der Waals surface area contributed by atoms with Crippen LogP contribution in [0.25, 0.3) is 10.6 Å². The highest BCUT2D eigenvalue weighted by Crippen LogP contribution is 2.31. The van der Waals surface area contributed by atoms with Crippen LogP contribution in [0.1, 0.15) is 35.3 Å². The number of nitrogens with one attached hydrogen (secondary N) is 1. The van der Waals surface area contributed by atoms with Gasteiger partial charge in [-0.05, 0) is 26.0 Å². The number of cyclic esters (lactones) is 1. The molecule has 2 aromatic heterocycles. The topological polar surface area (TPSA) is 127 Å². The Bertz CT molecular complexity index is 1200. The highest BCUT2D eigenvalue weighted by molar-refractivity contribution is 7.15. The van der Waals surface area contributed by atoms with Gasteiger partial charge in [-0.15, -0.1) is 11.3 Å². The predicted octanol–water partition coefficient (Wildman–Crippen LogP) is 3.92. The van der Waals surface area contributed by atoms with Gasteiger partial charge in [-0.2, -0.15) is 4.98 Å². The minimum atomic E-state index is -0.873. The van der Waals surface area contributed by atoms with Crippen molar-refractivity contribution in [2.45, 2.75) is 32.0 Å². The summed E-state index contributed by atoms with van der Waals surface area (Å²) < 4.78 is 9.88. The first-order valence-corrected chi connectivity index (χ1v) is 11.6. The number of aliphatic hydroxyl groups is 1. The SMILES string of the molecule is COC(=O)c1cc(N2C(=O)OCC2[C@@H](C)O)nc(N[C@@H](C)c2cnc(-c3ccc(Cl)cc3)s2)n1. The third-order valence-electron chi connectivity index (χ3n) is 5.20. The number of rotatable bonds is 7. The van der Waals surface area contributed by atoms with E-state index >= 15 is 0 Å². The first kappa shape index (κ1) is 23.9. The van der Waals surface area contributed by atoms with Crippen LogP contribution in [-0.2, 0) is 9.47 Å². The number of halogens is 1. The largest absolute Gasteiger partial charge is 0.464 e. The summed E-state index contributed by atoms with van der Waals surface area (Å²) in [5, 5.41) is 14.7. The quantitative estimate of drug-likeness (QED) is 0.461. The first-order chi connectivity index (χ1) is 16.3. The van der Waals surface area contributed by atoms with E-state index < -0.39 is 24.2 Å². The fourth-order valence-corrected chi connectivity index (χ4v) is 4.41. The number of hydrogen-bond donors (Lipinski definition) is 2. The highest BCUT2D eigenvalue weighted by atomic mass is 35.5. The molecule has 0 bridgehead atoms. The summed E-state index contributed by atoms with van der Waals surface area (Å²) in [7, 11) is 1.23. The van der Waals surface area contributed by atoms with Gasteiger partial charge in [-0.25, -0.2) is 19.6 Å². The van der Waals surface area contributed by atoms with Gasteiger partial charge in [0.15, 0.2) is 5.69 Å². The lowest BCUT2D eigenvalue weighted by atomic mass is 10.2. The Morgan fingerprint density at radius 2 is 2.06 bits per heavy atom. The zero-order valence-electron chi connectivity index (χ0n) is 18.6. The van der Waals surface area contributed by atoms with E-state index in [-0.39, 0.29) is 30.1 Å². The molecule has 2 N–H and O–H groups in total. The second-order valence-electron chi connectivity index (χ2n) is 7.62.